The summed E-state index contributed by atoms with van der Waals surface area (Å²) in [5, 5.41) is 1.83. The largest absolute Gasteiger partial charge is 0.497 e. The maximum absolute atomic E-state index is 12.0. The highest BCUT2D eigenvalue weighted by molar-refractivity contribution is 7.73. The molecule has 0 N–H and O–H groups in total. The molecule has 0 saturated heterocycles. The summed E-state index contributed by atoms with van der Waals surface area (Å²) >= 11 is 6.44. The molecule has 0 fully saturated rings. The van der Waals surface area contributed by atoms with E-state index in [0.717, 1.165) is 17.0 Å². The number of ether oxygens (including phenoxy) is 2. The summed E-state index contributed by atoms with van der Waals surface area (Å²) in [4.78, 5) is 17.2. The van der Waals surface area contributed by atoms with Crippen LogP contribution < -0.4 is 9.57 Å². The first-order valence-electron chi connectivity index (χ1n) is 6.65. The van der Waals surface area contributed by atoms with Crippen LogP contribution in [0.25, 0.3) is 0 Å². The molecule has 0 aliphatic heterocycles. The summed E-state index contributed by atoms with van der Waals surface area (Å²) in [6.07, 6.45) is -0.691. The molecule has 118 valence electrons. The molecule has 0 radical (unpaired) electrons. The second kappa shape index (κ2) is 7.53. The molecular formula is C15H17NO4S2. The van der Waals surface area contributed by atoms with Crippen molar-refractivity contribution in [3.63, 3.8) is 0 Å². The Bertz CT molecular complexity index is 690. The highest BCUT2D eigenvalue weighted by atomic mass is 32.1. The number of hydrogen-bond donors (Lipinski definition) is 0. The lowest BCUT2D eigenvalue weighted by Crippen LogP contribution is -2.31. The van der Waals surface area contributed by atoms with Crippen molar-refractivity contribution < 1.29 is 19.1 Å². The summed E-state index contributed by atoms with van der Waals surface area (Å²) in [6, 6.07) is 7.46. The zero-order valence-corrected chi connectivity index (χ0v) is 14.2. The van der Waals surface area contributed by atoms with E-state index in [9.17, 15) is 4.79 Å². The molecule has 1 aromatic carbocycles. The van der Waals surface area contributed by atoms with Crippen molar-refractivity contribution in [3.05, 3.63) is 44.9 Å². The molecule has 22 heavy (non-hydrogen) atoms. The Labute approximate surface area is 138 Å². The maximum Gasteiger partial charge on any atom is 0.361 e. The smallest absolute Gasteiger partial charge is 0.361 e. The lowest BCUT2D eigenvalue weighted by Gasteiger charge is -2.13. The number of rotatable bonds is 6. The second-order valence-corrected chi connectivity index (χ2v) is 6.15. The van der Waals surface area contributed by atoms with Gasteiger partial charge in [-0.2, -0.15) is 4.73 Å². The number of nitrogens with zero attached hydrogens (tertiary/aromatic N) is 1. The first-order chi connectivity index (χ1) is 10.5. The van der Waals surface area contributed by atoms with Crippen molar-refractivity contribution in [3.8, 4) is 5.75 Å². The summed E-state index contributed by atoms with van der Waals surface area (Å²) in [5.41, 5.74) is 1.73. The topological polar surface area (TPSA) is 49.7 Å². The third-order valence-corrected chi connectivity index (χ3v) is 4.27. The van der Waals surface area contributed by atoms with Crippen LogP contribution in [-0.2, 0) is 16.1 Å². The van der Waals surface area contributed by atoms with Crippen LogP contribution in [0.3, 0.4) is 0 Å². The molecule has 0 bridgehead atoms. The fourth-order valence-corrected chi connectivity index (χ4v) is 2.63. The highest BCUT2D eigenvalue weighted by Crippen LogP contribution is 2.13. The Balaban J connectivity index is 1.89. The average molecular weight is 339 g/mol. The highest BCUT2D eigenvalue weighted by Gasteiger charge is 2.17. The van der Waals surface area contributed by atoms with Gasteiger partial charge in [0.2, 0.25) is 0 Å². The van der Waals surface area contributed by atoms with Gasteiger partial charge in [0.25, 0.3) is 0 Å². The maximum atomic E-state index is 12.0. The van der Waals surface area contributed by atoms with Gasteiger partial charge in [-0.15, -0.1) is 11.3 Å². The SMILES string of the molecule is COc1ccc(CO[C@H](C)C(=O)On2c(C)csc2=S)cc1. The van der Waals surface area contributed by atoms with Crippen LogP contribution in [0, 0.1) is 10.9 Å². The molecule has 1 atom stereocenters. The van der Waals surface area contributed by atoms with Crippen LogP contribution >= 0.6 is 23.6 Å². The van der Waals surface area contributed by atoms with Crippen LogP contribution in [0.5, 0.6) is 5.75 Å². The van der Waals surface area contributed by atoms with Crippen molar-refractivity contribution in [2.75, 3.05) is 7.11 Å². The van der Waals surface area contributed by atoms with E-state index in [0.29, 0.717) is 10.6 Å². The Morgan fingerprint density at radius 3 is 2.59 bits per heavy atom. The Kier molecular flexibility index (Phi) is 5.70. The van der Waals surface area contributed by atoms with E-state index in [-0.39, 0.29) is 0 Å². The van der Waals surface area contributed by atoms with Gasteiger partial charge in [0.05, 0.1) is 19.4 Å². The van der Waals surface area contributed by atoms with Gasteiger partial charge < -0.3 is 14.3 Å². The first-order valence-corrected chi connectivity index (χ1v) is 7.94. The van der Waals surface area contributed by atoms with Crippen LogP contribution in [0.15, 0.2) is 29.6 Å². The zero-order chi connectivity index (χ0) is 16.1. The quantitative estimate of drug-likeness (QED) is 0.757. The molecule has 2 rings (SSSR count). The monoisotopic (exact) mass is 339 g/mol. The van der Waals surface area contributed by atoms with Gasteiger partial charge in [-0.25, -0.2) is 4.79 Å². The fourth-order valence-electron chi connectivity index (χ4n) is 1.66. The number of carbonyl (C=O) groups is 1. The van der Waals surface area contributed by atoms with E-state index in [1.165, 1.54) is 16.1 Å². The van der Waals surface area contributed by atoms with Crippen molar-refractivity contribution >= 4 is 29.5 Å². The number of hydrogen-bond acceptors (Lipinski definition) is 6. The predicted molar refractivity (Wildman–Crippen MR) is 86.7 cm³/mol. The molecule has 0 amide bonds. The normalized spacial score (nSPS) is 12.0. The standard InChI is InChI=1S/C15H17NO4S2/c1-10-9-22-15(21)16(10)20-14(17)11(2)19-8-12-4-6-13(18-3)7-5-12/h4-7,9,11H,8H2,1-3H3/t11-/m1/s1. The van der Waals surface area contributed by atoms with E-state index in [4.69, 9.17) is 26.5 Å². The van der Waals surface area contributed by atoms with Crippen LogP contribution in [-0.4, -0.2) is 23.9 Å². The number of methoxy groups -OCH3 is 1. The molecule has 0 aliphatic rings. The van der Waals surface area contributed by atoms with Gasteiger partial charge in [-0.1, -0.05) is 12.1 Å². The minimum atomic E-state index is -0.691. The zero-order valence-electron chi connectivity index (χ0n) is 12.6. The number of aryl methyl sites for hydroxylation is 1. The lowest BCUT2D eigenvalue weighted by molar-refractivity contribution is -0.157. The van der Waals surface area contributed by atoms with E-state index in [1.807, 2.05) is 36.6 Å². The van der Waals surface area contributed by atoms with Gasteiger partial charge in [0.1, 0.15) is 5.75 Å². The fraction of sp³-hybridized carbons (Fsp3) is 0.333. The molecule has 1 heterocycles. The Morgan fingerprint density at radius 1 is 1.36 bits per heavy atom. The molecule has 7 heteroatoms. The third kappa shape index (κ3) is 4.16. The van der Waals surface area contributed by atoms with Gasteiger partial charge >= 0.3 is 5.97 Å². The van der Waals surface area contributed by atoms with Crippen LogP contribution in [0.1, 0.15) is 18.2 Å². The van der Waals surface area contributed by atoms with E-state index >= 15 is 0 Å². The minimum Gasteiger partial charge on any atom is -0.497 e. The summed E-state index contributed by atoms with van der Waals surface area (Å²) < 4.78 is 12.5. The van der Waals surface area contributed by atoms with Gasteiger partial charge in [0.15, 0.2) is 10.1 Å². The lowest BCUT2D eigenvalue weighted by atomic mass is 10.2. The van der Waals surface area contributed by atoms with E-state index in [1.54, 1.807) is 14.0 Å². The minimum absolute atomic E-state index is 0.314. The first kappa shape index (κ1) is 16.7. The van der Waals surface area contributed by atoms with Gasteiger partial charge in [0, 0.05) is 5.38 Å². The number of thiazole rings is 1. The Morgan fingerprint density at radius 2 is 2.05 bits per heavy atom. The molecule has 5 nitrogen and oxygen atoms in total. The molecule has 0 unspecified atom stereocenters. The Hall–Kier alpha value is -1.70. The molecular weight excluding hydrogens is 322 g/mol. The third-order valence-electron chi connectivity index (χ3n) is 2.99. The molecule has 1 aromatic heterocycles. The molecule has 2 aromatic rings. The molecule has 0 spiro atoms. The van der Waals surface area contributed by atoms with Crippen molar-refractivity contribution in [2.24, 2.45) is 0 Å². The second-order valence-electron chi connectivity index (χ2n) is 4.65. The van der Waals surface area contributed by atoms with Crippen molar-refractivity contribution in [2.45, 2.75) is 26.6 Å². The summed E-state index contributed by atoms with van der Waals surface area (Å²) in [6.45, 7) is 3.79. The number of benzene rings is 1. The van der Waals surface area contributed by atoms with Crippen molar-refractivity contribution in [1.82, 2.24) is 4.73 Å². The van der Waals surface area contributed by atoms with Gasteiger partial charge in [-0.05, 0) is 43.8 Å². The summed E-state index contributed by atoms with van der Waals surface area (Å²) in [5.74, 6) is 0.296. The van der Waals surface area contributed by atoms with Crippen LogP contribution in [0.2, 0.25) is 0 Å². The van der Waals surface area contributed by atoms with E-state index in [2.05, 4.69) is 0 Å². The average Bonchev–Trinajstić information content (AvgIpc) is 2.84. The summed E-state index contributed by atoms with van der Waals surface area (Å²) in [7, 11) is 1.61. The van der Waals surface area contributed by atoms with Crippen LogP contribution in [0.4, 0.5) is 0 Å². The number of carbonyl (C=O) groups excluding carboxylic acids is 1. The van der Waals surface area contributed by atoms with Crippen molar-refractivity contribution in [1.29, 1.82) is 0 Å². The molecule has 0 saturated carbocycles. The predicted octanol–water partition coefficient (Wildman–Crippen LogP) is 3.16. The molecule has 0 aliphatic carbocycles. The van der Waals surface area contributed by atoms with Gasteiger partial charge in [-0.3, -0.25) is 0 Å². The van der Waals surface area contributed by atoms with E-state index < -0.39 is 12.1 Å². The number of aromatic nitrogens is 1.